The van der Waals surface area contributed by atoms with Crippen LogP contribution < -0.4 is 9.47 Å². The van der Waals surface area contributed by atoms with Crippen molar-refractivity contribution in [1.82, 2.24) is 0 Å². The average Bonchev–Trinajstić information content (AvgIpc) is 3.12. The van der Waals surface area contributed by atoms with Gasteiger partial charge in [0.05, 0.1) is 19.5 Å². The lowest BCUT2D eigenvalue weighted by atomic mass is 9.59. The molecule has 0 unspecified atom stereocenters. The Bertz CT molecular complexity index is 901. The molecule has 0 spiro atoms. The fourth-order valence-electron chi connectivity index (χ4n) is 6.36. The number of carbonyl (C=O) groups is 1. The Hall–Kier alpha value is -2.15. The number of fused-ring (bicyclic) bond motifs is 2. The first-order chi connectivity index (χ1) is 15.3. The van der Waals surface area contributed by atoms with Crippen LogP contribution in [0.25, 0.3) is 0 Å². The van der Waals surface area contributed by atoms with Crippen molar-refractivity contribution < 1.29 is 28.8 Å². The SMILES string of the molecule is COCO[C@@H]1[C@H]2CC[C@](/C=C/Oc3ccc(OC)cc3)(C2(C)C)[C@@]1(O)C1=CCCCC1=O. The van der Waals surface area contributed by atoms with E-state index in [1.54, 1.807) is 20.5 Å². The Kier molecular flexibility index (Phi) is 6.23. The van der Waals surface area contributed by atoms with E-state index in [4.69, 9.17) is 18.9 Å². The lowest BCUT2D eigenvalue weighted by Gasteiger charge is -2.49. The molecule has 174 valence electrons. The smallest absolute Gasteiger partial charge is 0.161 e. The number of allylic oxidation sites excluding steroid dienone is 1. The van der Waals surface area contributed by atoms with Crippen LogP contribution in [-0.2, 0) is 14.3 Å². The third-order valence-electron chi connectivity index (χ3n) is 8.03. The van der Waals surface area contributed by atoms with Crippen molar-refractivity contribution in [3.05, 3.63) is 48.3 Å². The lowest BCUT2D eigenvalue weighted by Crippen LogP contribution is -2.58. The van der Waals surface area contributed by atoms with Gasteiger partial charge in [0.1, 0.15) is 23.9 Å². The maximum absolute atomic E-state index is 13.0. The summed E-state index contributed by atoms with van der Waals surface area (Å²) in [4.78, 5) is 13.0. The number of Topliss-reactive ketones (excluding diaryl/α,β-unsaturated/α-hetero) is 1. The number of benzene rings is 1. The van der Waals surface area contributed by atoms with E-state index in [1.165, 1.54) is 0 Å². The molecule has 2 bridgehead atoms. The second kappa shape index (κ2) is 8.65. The largest absolute Gasteiger partial charge is 0.497 e. The summed E-state index contributed by atoms with van der Waals surface area (Å²) in [6.45, 7) is 4.40. The Morgan fingerprint density at radius 1 is 1.16 bits per heavy atom. The molecule has 2 saturated carbocycles. The molecule has 0 heterocycles. The van der Waals surface area contributed by atoms with Crippen LogP contribution in [0, 0.1) is 16.7 Å². The number of hydrogen-bond donors (Lipinski definition) is 1. The molecule has 6 heteroatoms. The molecular weight excluding hydrogens is 408 g/mol. The Morgan fingerprint density at radius 3 is 2.53 bits per heavy atom. The zero-order valence-corrected chi connectivity index (χ0v) is 19.4. The first-order valence-corrected chi connectivity index (χ1v) is 11.4. The zero-order valence-electron chi connectivity index (χ0n) is 19.4. The molecule has 2 fully saturated rings. The number of hydrogen-bond acceptors (Lipinski definition) is 6. The van der Waals surface area contributed by atoms with Gasteiger partial charge in [-0.25, -0.2) is 0 Å². The first-order valence-electron chi connectivity index (χ1n) is 11.4. The second-order valence-electron chi connectivity index (χ2n) is 9.63. The number of ketones is 1. The van der Waals surface area contributed by atoms with Crippen molar-refractivity contribution in [1.29, 1.82) is 0 Å². The molecule has 0 saturated heterocycles. The van der Waals surface area contributed by atoms with Crippen LogP contribution in [0.4, 0.5) is 0 Å². The maximum Gasteiger partial charge on any atom is 0.161 e. The topological polar surface area (TPSA) is 74.2 Å². The summed E-state index contributed by atoms with van der Waals surface area (Å²) in [6, 6.07) is 7.34. The first kappa shape index (κ1) is 23.0. The minimum Gasteiger partial charge on any atom is -0.497 e. The summed E-state index contributed by atoms with van der Waals surface area (Å²) in [5, 5.41) is 12.4. The normalized spacial score (nSPS) is 33.5. The van der Waals surface area contributed by atoms with E-state index in [0.717, 1.165) is 31.4 Å². The summed E-state index contributed by atoms with van der Waals surface area (Å²) in [5.41, 5.74) is -1.95. The molecule has 1 aromatic carbocycles. The van der Waals surface area contributed by atoms with E-state index in [2.05, 4.69) is 13.8 Å². The van der Waals surface area contributed by atoms with Crippen LogP contribution in [0.15, 0.2) is 48.3 Å². The number of carbonyl (C=O) groups excluding carboxylic acids is 1. The number of rotatable bonds is 8. The molecule has 0 aromatic heterocycles. The lowest BCUT2D eigenvalue weighted by molar-refractivity contribution is -0.174. The number of methoxy groups -OCH3 is 2. The Balaban J connectivity index is 1.73. The predicted octanol–water partition coefficient (Wildman–Crippen LogP) is 4.42. The van der Waals surface area contributed by atoms with Crippen LogP contribution in [0.5, 0.6) is 11.5 Å². The van der Waals surface area contributed by atoms with Crippen molar-refractivity contribution >= 4 is 5.78 Å². The average molecular weight is 443 g/mol. The molecular formula is C26H34O6. The van der Waals surface area contributed by atoms with Gasteiger partial charge in [0.2, 0.25) is 0 Å². The van der Waals surface area contributed by atoms with Gasteiger partial charge >= 0.3 is 0 Å². The quantitative estimate of drug-likeness (QED) is 0.474. The van der Waals surface area contributed by atoms with Crippen LogP contribution in [0.1, 0.15) is 46.0 Å². The van der Waals surface area contributed by atoms with E-state index >= 15 is 0 Å². The van der Waals surface area contributed by atoms with Gasteiger partial charge in [0.25, 0.3) is 0 Å². The molecule has 6 nitrogen and oxygen atoms in total. The zero-order chi connectivity index (χ0) is 23.0. The van der Waals surface area contributed by atoms with Gasteiger partial charge in [-0.05, 0) is 67.4 Å². The molecule has 1 N–H and O–H groups in total. The highest BCUT2D eigenvalue weighted by molar-refractivity contribution is 5.98. The van der Waals surface area contributed by atoms with Crippen LogP contribution >= 0.6 is 0 Å². The van der Waals surface area contributed by atoms with E-state index in [1.807, 2.05) is 36.4 Å². The van der Waals surface area contributed by atoms with Crippen LogP contribution in [0.3, 0.4) is 0 Å². The molecule has 0 amide bonds. The molecule has 3 aliphatic carbocycles. The minimum absolute atomic E-state index is 0.0111. The van der Waals surface area contributed by atoms with Gasteiger partial charge in [-0.3, -0.25) is 4.79 Å². The minimum atomic E-state index is -1.44. The molecule has 32 heavy (non-hydrogen) atoms. The fourth-order valence-corrected chi connectivity index (χ4v) is 6.36. The van der Waals surface area contributed by atoms with E-state index in [0.29, 0.717) is 17.7 Å². The van der Waals surface area contributed by atoms with Crippen molar-refractivity contribution in [2.45, 2.75) is 57.7 Å². The van der Waals surface area contributed by atoms with Gasteiger partial charge in [-0.15, -0.1) is 0 Å². The Morgan fingerprint density at radius 2 is 1.88 bits per heavy atom. The molecule has 3 aliphatic rings. The van der Waals surface area contributed by atoms with Crippen molar-refractivity contribution in [3.8, 4) is 11.5 Å². The fraction of sp³-hybridized carbons (Fsp3) is 0.577. The van der Waals surface area contributed by atoms with Crippen molar-refractivity contribution in [2.24, 2.45) is 16.7 Å². The maximum atomic E-state index is 13.0. The standard InChI is InChI=1S/C26H34O6/c1-24(2)21-13-14-25(24,15-16-31-19-11-9-18(30-4)10-12-19)26(28,23(21)32-17-29-3)20-7-5-6-8-22(20)27/h7,9-12,15-16,21,23,28H,5-6,8,13-14,17H2,1-4H3/b16-15+/t21-,23-,25+,26-/m1/s1. The van der Waals surface area contributed by atoms with E-state index in [9.17, 15) is 9.90 Å². The van der Waals surface area contributed by atoms with Gasteiger partial charge in [-0.2, -0.15) is 0 Å². The molecule has 0 radical (unpaired) electrons. The van der Waals surface area contributed by atoms with Crippen molar-refractivity contribution in [2.75, 3.05) is 21.0 Å². The highest BCUT2D eigenvalue weighted by atomic mass is 16.7. The summed E-state index contributed by atoms with van der Waals surface area (Å²) >= 11 is 0. The van der Waals surface area contributed by atoms with Gasteiger partial charge in [-0.1, -0.05) is 19.9 Å². The Labute approximate surface area is 190 Å². The highest BCUT2D eigenvalue weighted by Gasteiger charge is 2.76. The molecule has 0 aliphatic heterocycles. The van der Waals surface area contributed by atoms with Gasteiger partial charge in [0.15, 0.2) is 5.78 Å². The van der Waals surface area contributed by atoms with Gasteiger partial charge < -0.3 is 24.1 Å². The second-order valence-corrected chi connectivity index (χ2v) is 9.63. The third kappa shape index (κ3) is 3.31. The van der Waals surface area contributed by atoms with Crippen LogP contribution in [-0.4, -0.2) is 43.6 Å². The molecule has 1 aromatic rings. The van der Waals surface area contributed by atoms with Crippen LogP contribution in [0.2, 0.25) is 0 Å². The predicted molar refractivity (Wildman–Crippen MR) is 120 cm³/mol. The van der Waals surface area contributed by atoms with E-state index in [-0.39, 0.29) is 23.9 Å². The van der Waals surface area contributed by atoms with Crippen molar-refractivity contribution in [3.63, 3.8) is 0 Å². The molecule has 4 rings (SSSR count). The van der Waals surface area contributed by atoms with E-state index < -0.39 is 17.1 Å². The third-order valence-corrected chi connectivity index (χ3v) is 8.03. The summed E-state index contributed by atoms with van der Waals surface area (Å²) in [6.07, 6.45) is 8.74. The summed E-state index contributed by atoms with van der Waals surface area (Å²) in [7, 11) is 3.19. The van der Waals surface area contributed by atoms with Gasteiger partial charge in [0, 0.05) is 24.5 Å². The number of aliphatic hydroxyl groups is 1. The summed E-state index contributed by atoms with van der Waals surface area (Å²) < 4.78 is 22.4. The highest BCUT2D eigenvalue weighted by Crippen LogP contribution is 2.73. The monoisotopic (exact) mass is 442 g/mol. The number of ether oxygens (including phenoxy) is 4. The summed E-state index contributed by atoms with van der Waals surface area (Å²) in [5.74, 6) is 1.53. The molecule has 4 atom stereocenters.